The maximum Gasteiger partial charge on any atom is 0.120 e. The third-order valence-corrected chi connectivity index (χ3v) is 5.83. The summed E-state index contributed by atoms with van der Waals surface area (Å²) in [7, 11) is 0. The molecular formula is C21H26N2O3. The molecule has 1 aromatic heterocycles. The Morgan fingerprint density at radius 3 is 3.00 bits per heavy atom. The highest BCUT2D eigenvalue weighted by Gasteiger charge is 2.40. The first-order valence-corrected chi connectivity index (χ1v) is 9.40. The summed E-state index contributed by atoms with van der Waals surface area (Å²) in [5.41, 5.74) is 3.27. The first-order chi connectivity index (χ1) is 12.7. The lowest BCUT2D eigenvalue weighted by Gasteiger charge is -2.48. The second-order valence-corrected chi connectivity index (χ2v) is 7.22. The second-order valence-electron chi connectivity index (χ2n) is 7.22. The standard InChI is InChI=1S/C21H26N2O3/c1-2-14-13-23-8-6-15(14)11-20(23)21(25)17-5-7-22-19-4-3-16(12-18(17)19)26-10-9-24/h2-5,7,12,15,20-21,24-25H,6,8-11,13H2,1H3. The summed E-state index contributed by atoms with van der Waals surface area (Å²) in [6.45, 7) is 4.38. The van der Waals surface area contributed by atoms with Gasteiger partial charge >= 0.3 is 0 Å². The van der Waals surface area contributed by atoms with Gasteiger partial charge in [-0.15, -0.1) is 0 Å². The van der Waals surface area contributed by atoms with E-state index in [1.165, 1.54) is 12.0 Å². The van der Waals surface area contributed by atoms with Gasteiger partial charge in [0, 0.05) is 24.2 Å². The van der Waals surface area contributed by atoms with Crippen LogP contribution in [0.3, 0.4) is 0 Å². The molecular weight excluding hydrogens is 328 g/mol. The highest BCUT2D eigenvalue weighted by atomic mass is 16.5. The van der Waals surface area contributed by atoms with Gasteiger partial charge in [0.05, 0.1) is 18.2 Å². The molecule has 26 heavy (non-hydrogen) atoms. The molecule has 4 unspecified atom stereocenters. The lowest BCUT2D eigenvalue weighted by atomic mass is 9.76. The Kier molecular flexibility index (Phi) is 4.94. The zero-order valence-corrected chi connectivity index (χ0v) is 15.1. The van der Waals surface area contributed by atoms with E-state index in [1.807, 2.05) is 24.3 Å². The Labute approximate surface area is 153 Å². The van der Waals surface area contributed by atoms with Crippen LogP contribution in [0.5, 0.6) is 5.75 Å². The molecule has 3 saturated heterocycles. The summed E-state index contributed by atoms with van der Waals surface area (Å²) in [5, 5.41) is 21.1. The van der Waals surface area contributed by atoms with Crippen LogP contribution in [0, 0.1) is 5.92 Å². The van der Waals surface area contributed by atoms with Gasteiger partial charge in [-0.2, -0.15) is 0 Å². The summed E-state index contributed by atoms with van der Waals surface area (Å²) < 4.78 is 5.54. The van der Waals surface area contributed by atoms with E-state index in [0.717, 1.165) is 36.0 Å². The van der Waals surface area contributed by atoms with E-state index >= 15 is 0 Å². The maximum absolute atomic E-state index is 11.2. The van der Waals surface area contributed by atoms with Crippen molar-refractivity contribution >= 4 is 10.9 Å². The lowest BCUT2D eigenvalue weighted by Crippen LogP contribution is -2.52. The second kappa shape index (κ2) is 7.35. The average molecular weight is 354 g/mol. The number of hydrogen-bond donors (Lipinski definition) is 2. The lowest BCUT2D eigenvalue weighted by molar-refractivity contribution is -0.00340. The zero-order valence-electron chi connectivity index (χ0n) is 15.1. The van der Waals surface area contributed by atoms with E-state index in [1.54, 1.807) is 6.20 Å². The topological polar surface area (TPSA) is 65.8 Å². The van der Waals surface area contributed by atoms with Crippen molar-refractivity contribution in [2.75, 3.05) is 26.3 Å². The molecule has 3 aliphatic heterocycles. The summed E-state index contributed by atoms with van der Waals surface area (Å²) >= 11 is 0. The minimum absolute atomic E-state index is 0.0216. The molecule has 0 saturated carbocycles. The Hall–Kier alpha value is -1.95. The fourth-order valence-electron chi connectivity index (χ4n) is 4.46. The van der Waals surface area contributed by atoms with Gasteiger partial charge in [0.1, 0.15) is 12.4 Å². The molecule has 3 aliphatic rings. The number of aliphatic hydroxyl groups is 2. The van der Waals surface area contributed by atoms with E-state index in [0.29, 0.717) is 11.7 Å². The number of benzene rings is 1. The predicted octanol–water partition coefficient (Wildman–Crippen LogP) is 2.68. The van der Waals surface area contributed by atoms with Crippen molar-refractivity contribution in [3.05, 3.63) is 47.7 Å². The van der Waals surface area contributed by atoms with Gasteiger partial charge in [-0.1, -0.05) is 11.6 Å². The first-order valence-electron chi connectivity index (χ1n) is 9.40. The van der Waals surface area contributed by atoms with Crippen LogP contribution in [-0.4, -0.2) is 52.4 Å². The SMILES string of the molecule is CC=C1CN2CCC1CC2C(O)c1ccnc2ccc(OCCO)cc12. The van der Waals surface area contributed by atoms with Crippen LogP contribution in [0.4, 0.5) is 0 Å². The molecule has 4 atom stereocenters. The van der Waals surface area contributed by atoms with Gasteiger partial charge in [-0.05, 0) is 62.1 Å². The number of nitrogens with zero attached hydrogens (tertiary/aromatic N) is 2. The Bertz CT molecular complexity index is 820. The number of pyridine rings is 1. The smallest absolute Gasteiger partial charge is 0.120 e. The Morgan fingerprint density at radius 1 is 1.38 bits per heavy atom. The molecule has 5 rings (SSSR count). The fourth-order valence-corrected chi connectivity index (χ4v) is 4.46. The summed E-state index contributed by atoms with van der Waals surface area (Å²) in [4.78, 5) is 6.84. The van der Waals surface area contributed by atoms with Crippen LogP contribution >= 0.6 is 0 Å². The van der Waals surface area contributed by atoms with E-state index in [4.69, 9.17) is 9.84 Å². The van der Waals surface area contributed by atoms with Crippen molar-refractivity contribution in [1.82, 2.24) is 9.88 Å². The number of ether oxygens (including phenoxy) is 1. The number of aliphatic hydroxyl groups excluding tert-OH is 2. The van der Waals surface area contributed by atoms with E-state index < -0.39 is 6.10 Å². The van der Waals surface area contributed by atoms with Crippen LogP contribution in [0.25, 0.3) is 10.9 Å². The van der Waals surface area contributed by atoms with Crippen LogP contribution in [-0.2, 0) is 0 Å². The van der Waals surface area contributed by atoms with Gasteiger partial charge < -0.3 is 14.9 Å². The number of rotatable bonds is 5. The Balaban J connectivity index is 1.65. The number of aromatic nitrogens is 1. The largest absolute Gasteiger partial charge is 0.491 e. The summed E-state index contributed by atoms with van der Waals surface area (Å²) in [6, 6.07) is 7.74. The van der Waals surface area contributed by atoms with Gasteiger partial charge in [-0.3, -0.25) is 9.88 Å². The maximum atomic E-state index is 11.2. The molecule has 3 fully saturated rings. The quantitative estimate of drug-likeness (QED) is 0.808. The molecule has 2 bridgehead atoms. The number of hydrogen-bond acceptors (Lipinski definition) is 5. The summed E-state index contributed by atoms with van der Waals surface area (Å²) in [5.74, 6) is 1.29. The van der Waals surface area contributed by atoms with E-state index in [9.17, 15) is 5.11 Å². The average Bonchev–Trinajstić information content (AvgIpc) is 2.71. The normalized spacial score (nSPS) is 27.8. The van der Waals surface area contributed by atoms with Crippen molar-refractivity contribution in [3.63, 3.8) is 0 Å². The van der Waals surface area contributed by atoms with Gasteiger partial charge in [0.2, 0.25) is 0 Å². The Morgan fingerprint density at radius 2 is 2.27 bits per heavy atom. The van der Waals surface area contributed by atoms with Crippen molar-refractivity contribution < 1.29 is 14.9 Å². The molecule has 0 radical (unpaired) electrons. The van der Waals surface area contributed by atoms with Crippen LogP contribution in [0.2, 0.25) is 0 Å². The monoisotopic (exact) mass is 354 g/mol. The number of allylic oxidation sites excluding steroid dienone is 1. The predicted molar refractivity (Wildman–Crippen MR) is 101 cm³/mol. The zero-order chi connectivity index (χ0) is 18.1. The molecule has 2 N–H and O–H groups in total. The van der Waals surface area contributed by atoms with Crippen LogP contribution in [0.15, 0.2) is 42.1 Å². The molecule has 2 aromatic rings. The molecule has 4 heterocycles. The van der Waals surface area contributed by atoms with Crippen molar-refractivity contribution in [2.45, 2.75) is 31.9 Å². The van der Waals surface area contributed by atoms with Gasteiger partial charge in [0.15, 0.2) is 0 Å². The molecule has 138 valence electrons. The highest BCUT2D eigenvalue weighted by Crippen LogP contribution is 2.41. The van der Waals surface area contributed by atoms with Crippen LogP contribution in [0.1, 0.15) is 31.4 Å². The fraction of sp³-hybridized carbons (Fsp3) is 0.476. The van der Waals surface area contributed by atoms with Crippen molar-refractivity contribution in [3.8, 4) is 5.75 Å². The van der Waals surface area contributed by atoms with Crippen molar-refractivity contribution in [2.24, 2.45) is 5.92 Å². The highest BCUT2D eigenvalue weighted by molar-refractivity contribution is 5.84. The van der Waals surface area contributed by atoms with Crippen LogP contribution < -0.4 is 4.74 Å². The third-order valence-electron chi connectivity index (χ3n) is 5.83. The first kappa shape index (κ1) is 17.5. The molecule has 0 spiro atoms. The number of fused-ring (bicyclic) bond motifs is 4. The van der Waals surface area contributed by atoms with E-state index in [2.05, 4.69) is 22.9 Å². The minimum Gasteiger partial charge on any atom is -0.491 e. The number of piperidine rings is 3. The van der Waals surface area contributed by atoms with Gasteiger partial charge in [-0.25, -0.2) is 0 Å². The van der Waals surface area contributed by atoms with E-state index in [-0.39, 0.29) is 19.3 Å². The molecule has 1 aromatic carbocycles. The molecule has 5 nitrogen and oxygen atoms in total. The molecule has 0 aliphatic carbocycles. The minimum atomic E-state index is -0.546. The van der Waals surface area contributed by atoms with Crippen molar-refractivity contribution in [1.29, 1.82) is 0 Å². The molecule has 0 amide bonds. The summed E-state index contributed by atoms with van der Waals surface area (Å²) in [6.07, 6.45) is 5.66. The molecule has 5 heteroatoms. The van der Waals surface area contributed by atoms with Gasteiger partial charge in [0.25, 0.3) is 0 Å². The third kappa shape index (κ3) is 3.11.